The Morgan fingerprint density at radius 2 is 1.43 bits per heavy atom. The lowest BCUT2D eigenvalue weighted by Gasteiger charge is -2.27. The number of esters is 1. The van der Waals surface area contributed by atoms with Crippen molar-refractivity contribution in [3.63, 3.8) is 0 Å². The molecule has 11 nitrogen and oxygen atoms in total. The van der Waals surface area contributed by atoms with Gasteiger partial charge in [-0.25, -0.2) is 14.4 Å². The number of nitrogens with zero attached hydrogens (tertiary/aromatic N) is 1. The number of unbranched alkanes of at least 4 members (excludes halogenated alkanes) is 1. The van der Waals surface area contributed by atoms with E-state index in [0.29, 0.717) is 38.9 Å². The molecule has 226 valence electrons. The molecule has 1 aromatic rings. The van der Waals surface area contributed by atoms with E-state index in [2.05, 4.69) is 10.6 Å². The van der Waals surface area contributed by atoms with E-state index in [1.54, 1.807) is 53.4 Å². The molecule has 1 rings (SSSR count). The molecule has 0 bridgehead atoms. The summed E-state index contributed by atoms with van der Waals surface area (Å²) in [5.74, 6) is -1.32. The first-order valence-electron chi connectivity index (χ1n) is 13.8. The van der Waals surface area contributed by atoms with Gasteiger partial charge >= 0.3 is 18.2 Å². The average Bonchev–Trinajstić information content (AvgIpc) is 2.83. The van der Waals surface area contributed by atoms with Gasteiger partial charge in [0.15, 0.2) is 0 Å². The van der Waals surface area contributed by atoms with Crippen molar-refractivity contribution in [3.05, 3.63) is 35.9 Å². The summed E-state index contributed by atoms with van der Waals surface area (Å²) < 4.78 is 21.3. The fourth-order valence-corrected chi connectivity index (χ4v) is 3.35. The molecule has 0 saturated heterocycles. The summed E-state index contributed by atoms with van der Waals surface area (Å²) in [4.78, 5) is 51.1. The van der Waals surface area contributed by atoms with E-state index in [1.807, 2.05) is 30.3 Å². The van der Waals surface area contributed by atoms with Crippen LogP contribution in [0.1, 0.15) is 73.3 Å². The van der Waals surface area contributed by atoms with Crippen molar-refractivity contribution in [2.75, 3.05) is 32.8 Å². The van der Waals surface area contributed by atoms with Gasteiger partial charge in [0.05, 0.1) is 13.2 Å². The van der Waals surface area contributed by atoms with Gasteiger partial charge in [0.25, 0.3) is 5.91 Å². The molecule has 1 atom stereocenters. The first-order chi connectivity index (χ1) is 18.7. The van der Waals surface area contributed by atoms with E-state index in [1.165, 1.54) is 0 Å². The minimum absolute atomic E-state index is 0.0887. The van der Waals surface area contributed by atoms with Gasteiger partial charge in [-0.2, -0.15) is 0 Å². The summed E-state index contributed by atoms with van der Waals surface area (Å²) >= 11 is 0. The summed E-state index contributed by atoms with van der Waals surface area (Å²) in [5.41, 5.74) is -0.417. The maximum atomic E-state index is 12.7. The Bertz CT molecular complexity index is 925. The summed E-state index contributed by atoms with van der Waals surface area (Å²) in [7, 11) is 0. The van der Waals surface area contributed by atoms with Crippen LogP contribution in [0.5, 0.6) is 0 Å². The third kappa shape index (κ3) is 15.9. The minimum Gasteiger partial charge on any atom is -0.464 e. The molecule has 0 aliphatic carbocycles. The topological polar surface area (TPSA) is 132 Å². The van der Waals surface area contributed by atoms with E-state index in [9.17, 15) is 19.2 Å². The van der Waals surface area contributed by atoms with Crippen LogP contribution in [0.3, 0.4) is 0 Å². The SMILES string of the molecule is CCOC(=O)C(OCc1ccccc1)C(=O)NCCCCN(CCCNC(=O)OC(C)(C)C)C(=O)OC(C)(C)C. The predicted molar refractivity (Wildman–Crippen MR) is 151 cm³/mol. The normalized spacial score (nSPS) is 12.2. The van der Waals surface area contributed by atoms with Crippen LogP contribution in [0.2, 0.25) is 0 Å². The molecular weight excluding hydrogens is 518 g/mol. The van der Waals surface area contributed by atoms with Gasteiger partial charge < -0.3 is 34.5 Å². The van der Waals surface area contributed by atoms with Gasteiger partial charge in [-0.3, -0.25) is 4.79 Å². The van der Waals surface area contributed by atoms with E-state index >= 15 is 0 Å². The molecule has 2 N–H and O–H groups in total. The first kappa shape index (κ1) is 34.7. The molecule has 0 radical (unpaired) electrons. The van der Waals surface area contributed by atoms with Gasteiger partial charge in [-0.15, -0.1) is 0 Å². The van der Waals surface area contributed by atoms with Crippen LogP contribution in [0, 0.1) is 0 Å². The molecule has 0 aliphatic rings. The Morgan fingerprint density at radius 1 is 0.825 bits per heavy atom. The first-order valence-corrected chi connectivity index (χ1v) is 13.8. The lowest BCUT2D eigenvalue weighted by molar-refractivity contribution is -0.163. The zero-order valence-corrected chi connectivity index (χ0v) is 25.0. The monoisotopic (exact) mass is 565 g/mol. The second-order valence-electron chi connectivity index (χ2n) is 11.2. The molecule has 3 amide bonds. The van der Waals surface area contributed by atoms with E-state index in [0.717, 1.165) is 5.56 Å². The highest BCUT2D eigenvalue weighted by molar-refractivity contribution is 6.00. The second kappa shape index (κ2) is 17.4. The minimum atomic E-state index is -1.38. The van der Waals surface area contributed by atoms with Crippen molar-refractivity contribution < 1.29 is 38.1 Å². The highest BCUT2D eigenvalue weighted by atomic mass is 16.6. The number of benzene rings is 1. The molecular formula is C29H47N3O8. The largest absolute Gasteiger partial charge is 0.464 e. The Hall–Kier alpha value is -3.34. The van der Waals surface area contributed by atoms with Crippen molar-refractivity contribution in [2.24, 2.45) is 0 Å². The van der Waals surface area contributed by atoms with Gasteiger partial charge in [0.2, 0.25) is 6.10 Å². The van der Waals surface area contributed by atoms with Gasteiger partial charge in [-0.1, -0.05) is 30.3 Å². The molecule has 0 fully saturated rings. The molecule has 40 heavy (non-hydrogen) atoms. The van der Waals surface area contributed by atoms with Gasteiger partial charge in [-0.05, 0) is 73.3 Å². The lowest BCUT2D eigenvalue weighted by Crippen LogP contribution is -2.43. The number of amides is 3. The van der Waals surface area contributed by atoms with Crippen molar-refractivity contribution in [1.29, 1.82) is 0 Å². The van der Waals surface area contributed by atoms with Crippen molar-refractivity contribution in [1.82, 2.24) is 15.5 Å². The molecule has 0 aromatic heterocycles. The molecule has 11 heteroatoms. The number of carbonyl (C=O) groups excluding carboxylic acids is 4. The Kier molecular flexibility index (Phi) is 15.1. The average molecular weight is 566 g/mol. The molecule has 1 unspecified atom stereocenters. The van der Waals surface area contributed by atoms with Crippen LogP contribution < -0.4 is 10.6 Å². The summed E-state index contributed by atoms with van der Waals surface area (Å²) in [6.07, 6.45) is -0.708. The van der Waals surface area contributed by atoms with E-state index in [4.69, 9.17) is 18.9 Å². The van der Waals surface area contributed by atoms with Gasteiger partial charge in [0.1, 0.15) is 11.2 Å². The third-order valence-electron chi connectivity index (χ3n) is 5.08. The van der Waals surface area contributed by atoms with Crippen LogP contribution in [0.4, 0.5) is 9.59 Å². The molecule has 0 spiro atoms. The predicted octanol–water partition coefficient (Wildman–Crippen LogP) is 4.18. The molecule has 0 saturated carbocycles. The van der Waals surface area contributed by atoms with Crippen molar-refractivity contribution >= 4 is 24.1 Å². The Labute approximate surface area is 238 Å². The zero-order chi connectivity index (χ0) is 30.2. The van der Waals surface area contributed by atoms with Crippen LogP contribution in [0.15, 0.2) is 30.3 Å². The fraction of sp³-hybridized carbons (Fsp3) is 0.655. The fourth-order valence-electron chi connectivity index (χ4n) is 3.35. The Balaban J connectivity index is 2.56. The highest BCUT2D eigenvalue weighted by Crippen LogP contribution is 2.12. The molecule has 0 heterocycles. The van der Waals surface area contributed by atoms with Crippen LogP contribution in [0.25, 0.3) is 0 Å². The molecule has 1 aromatic carbocycles. The van der Waals surface area contributed by atoms with Crippen molar-refractivity contribution in [2.45, 2.75) is 91.6 Å². The highest BCUT2D eigenvalue weighted by Gasteiger charge is 2.29. The summed E-state index contributed by atoms with van der Waals surface area (Å²) in [5, 5.41) is 5.40. The number of hydrogen-bond acceptors (Lipinski definition) is 8. The van der Waals surface area contributed by atoms with Gasteiger partial charge in [0, 0.05) is 26.2 Å². The lowest BCUT2D eigenvalue weighted by atomic mass is 10.2. The number of hydrogen-bond donors (Lipinski definition) is 2. The van der Waals surface area contributed by atoms with E-state index in [-0.39, 0.29) is 19.8 Å². The summed E-state index contributed by atoms with van der Waals surface area (Å²) in [6, 6.07) is 9.23. The van der Waals surface area contributed by atoms with E-state index < -0.39 is 41.4 Å². The quantitative estimate of drug-likeness (QED) is 0.140. The van der Waals surface area contributed by atoms with Crippen LogP contribution in [-0.2, 0) is 35.1 Å². The number of carbonyl (C=O) groups is 4. The van der Waals surface area contributed by atoms with Crippen LogP contribution in [-0.4, -0.2) is 79.1 Å². The molecule has 0 aliphatic heterocycles. The van der Waals surface area contributed by atoms with Crippen LogP contribution >= 0.6 is 0 Å². The number of ether oxygens (including phenoxy) is 4. The summed E-state index contributed by atoms with van der Waals surface area (Å²) in [6.45, 7) is 14.0. The number of rotatable bonds is 15. The number of alkyl carbamates (subject to hydrolysis) is 1. The zero-order valence-electron chi connectivity index (χ0n) is 25.0. The Morgan fingerprint density at radius 3 is 2.02 bits per heavy atom. The van der Waals surface area contributed by atoms with Crippen molar-refractivity contribution in [3.8, 4) is 0 Å². The smallest absolute Gasteiger partial charge is 0.410 e. The maximum absolute atomic E-state index is 12.7. The maximum Gasteiger partial charge on any atom is 0.410 e. The standard InChI is InChI=1S/C29H47N3O8/c1-8-37-25(34)23(38-21-22-15-10-9-11-16-22)24(33)30-17-12-13-19-32(27(36)40-29(5,6)7)20-14-18-31-26(35)39-28(2,3)4/h9-11,15-16,23H,8,12-14,17-21H2,1-7H3,(H,30,33)(H,31,35). The number of nitrogens with one attached hydrogen (secondary N) is 2. The third-order valence-corrected chi connectivity index (χ3v) is 5.08. The second-order valence-corrected chi connectivity index (χ2v) is 11.2.